The summed E-state index contributed by atoms with van der Waals surface area (Å²) in [6.07, 6.45) is 3.80. The monoisotopic (exact) mass is 437 g/mol. The minimum absolute atomic E-state index is 0.0542. The molecule has 1 amide bonds. The van der Waals surface area contributed by atoms with Crippen molar-refractivity contribution in [3.63, 3.8) is 0 Å². The van der Waals surface area contributed by atoms with Gasteiger partial charge in [-0.3, -0.25) is 4.79 Å². The number of aryl methyl sites for hydroxylation is 1. The zero-order valence-electron chi connectivity index (χ0n) is 17.5. The van der Waals surface area contributed by atoms with Crippen molar-refractivity contribution in [1.29, 1.82) is 0 Å². The van der Waals surface area contributed by atoms with Crippen LogP contribution in [0.4, 0.5) is 4.39 Å². The Hall–Kier alpha value is -2.80. The number of piperidine rings is 2. The van der Waals surface area contributed by atoms with Crippen molar-refractivity contribution in [2.45, 2.75) is 38.8 Å². The molecule has 2 saturated heterocycles. The molecular weight excluding hydrogens is 413 g/mol. The van der Waals surface area contributed by atoms with E-state index < -0.39 is 0 Å². The fourth-order valence-electron chi connectivity index (χ4n) is 4.76. The SMILES string of the molecule is Cc1ccc(-c2nccs2)c(C(=O)N2C3CC(C3)C(C)C2COc2ccc(F)cc2)n1. The summed E-state index contributed by atoms with van der Waals surface area (Å²) in [5.41, 5.74) is 2.04. The zero-order valence-corrected chi connectivity index (χ0v) is 18.3. The topological polar surface area (TPSA) is 55.3 Å². The summed E-state index contributed by atoms with van der Waals surface area (Å²) in [7, 11) is 0. The van der Waals surface area contributed by atoms with E-state index in [4.69, 9.17) is 4.74 Å². The van der Waals surface area contributed by atoms with E-state index in [9.17, 15) is 9.18 Å². The van der Waals surface area contributed by atoms with Gasteiger partial charge in [0.15, 0.2) is 0 Å². The van der Waals surface area contributed by atoms with Crippen LogP contribution in [-0.2, 0) is 0 Å². The number of ether oxygens (including phenoxy) is 1. The molecule has 1 aromatic carbocycles. The van der Waals surface area contributed by atoms with Crippen LogP contribution in [0.3, 0.4) is 0 Å². The predicted octanol–water partition coefficient (Wildman–Crippen LogP) is 4.97. The van der Waals surface area contributed by atoms with E-state index in [0.717, 1.165) is 29.1 Å². The number of amides is 1. The molecule has 160 valence electrons. The Bertz CT molecular complexity index is 1080. The van der Waals surface area contributed by atoms with Crippen molar-refractivity contribution in [3.8, 4) is 16.3 Å². The van der Waals surface area contributed by atoms with Crippen molar-refractivity contribution in [1.82, 2.24) is 14.9 Å². The standard InChI is InChI=1S/C24H24FN3O2S/c1-14-3-8-20(23-26-9-10-31-23)22(27-14)24(29)28-18-11-16(12-18)15(2)21(28)13-30-19-6-4-17(25)5-7-19/h3-10,15-16,18,21H,11-13H2,1-2H3. The van der Waals surface area contributed by atoms with Crippen LogP contribution < -0.4 is 4.74 Å². The maximum absolute atomic E-state index is 13.9. The summed E-state index contributed by atoms with van der Waals surface area (Å²) < 4.78 is 19.2. The molecule has 3 aromatic rings. The predicted molar refractivity (Wildman–Crippen MR) is 118 cm³/mol. The summed E-state index contributed by atoms with van der Waals surface area (Å²) in [6.45, 7) is 4.48. The Balaban J connectivity index is 1.45. The number of rotatable bonds is 5. The first-order valence-electron chi connectivity index (χ1n) is 10.6. The lowest BCUT2D eigenvalue weighted by molar-refractivity contribution is -0.0672. The number of carbonyl (C=O) groups excluding carboxylic acids is 1. The van der Waals surface area contributed by atoms with Gasteiger partial charge in [0.2, 0.25) is 0 Å². The fraction of sp³-hybridized carbons (Fsp3) is 0.375. The molecule has 2 unspecified atom stereocenters. The average Bonchev–Trinajstić information content (AvgIpc) is 3.27. The number of benzene rings is 1. The van der Waals surface area contributed by atoms with Crippen LogP contribution in [0.15, 0.2) is 48.0 Å². The molecule has 3 fully saturated rings. The van der Waals surface area contributed by atoms with Crippen LogP contribution in [0, 0.1) is 24.6 Å². The van der Waals surface area contributed by atoms with Gasteiger partial charge in [0, 0.05) is 28.9 Å². The van der Waals surface area contributed by atoms with Crippen LogP contribution in [0.1, 0.15) is 35.9 Å². The van der Waals surface area contributed by atoms with Gasteiger partial charge in [0.05, 0.1) is 6.04 Å². The Morgan fingerprint density at radius 3 is 2.71 bits per heavy atom. The molecule has 2 bridgehead atoms. The summed E-state index contributed by atoms with van der Waals surface area (Å²) in [5, 5.41) is 2.70. The molecule has 6 rings (SSSR count). The third kappa shape index (κ3) is 3.71. The molecule has 0 spiro atoms. The van der Waals surface area contributed by atoms with Gasteiger partial charge >= 0.3 is 0 Å². The normalized spacial score (nSPS) is 24.5. The second-order valence-corrected chi connectivity index (χ2v) is 9.37. The van der Waals surface area contributed by atoms with E-state index in [1.165, 1.54) is 23.5 Å². The second kappa shape index (κ2) is 8.04. The molecule has 4 heterocycles. The number of carbonyl (C=O) groups is 1. The van der Waals surface area contributed by atoms with Gasteiger partial charge in [-0.1, -0.05) is 6.92 Å². The van der Waals surface area contributed by atoms with E-state index in [2.05, 4.69) is 16.9 Å². The molecule has 31 heavy (non-hydrogen) atoms. The van der Waals surface area contributed by atoms with Crippen molar-refractivity contribution in [2.75, 3.05) is 6.61 Å². The lowest BCUT2D eigenvalue weighted by atomic mass is 9.64. The minimum Gasteiger partial charge on any atom is -0.491 e. The number of aromatic nitrogens is 2. The molecule has 1 aliphatic carbocycles. The van der Waals surface area contributed by atoms with E-state index in [1.807, 2.05) is 29.3 Å². The number of fused-ring (bicyclic) bond motifs is 2. The van der Waals surface area contributed by atoms with Gasteiger partial charge in [-0.25, -0.2) is 14.4 Å². The maximum Gasteiger partial charge on any atom is 0.273 e. The zero-order chi connectivity index (χ0) is 21.5. The van der Waals surface area contributed by atoms with Crippen molar-refractivity contribution in [3.05, 3.63) is 65.2 Å². The molecule has 0 radical (unpaired) electrons. The molecule has 7 heteroatoms. The van der Waals surface area contributed by atoms with E-state index in [0.29, 0.717) is 29.9 Å². The Morgan fingerprint density at radius 2 is 2.00 bits per heavy atom. The number of thiazole rings is 1. The van der Waals surface area contributed by atoms with Crippen molar-refractivity contribution >= 4 is 17.2 Å². The summed E-state index contributed by atoms with van der Waals surface area (Å²) >= 11 is 1.50. The lowest BCUT2D eigenvalue weighted by Gasteiger charge is -2.57. The highest BCUT2D eigenvalue weighted by atomic mass is 32.1. The summed E-state index contributed by atoms with van der Waals surface area (Å²) in [5.74, 6) is 1.19. The Morgan fingerprint density at radius 1 is 1.23 bits per heavy atom. The van der Waals surface area contributed by atoms with E-state index in [-0.39, 0.29) is 23.8 Å². The average molecular weight is 438 g/mol. The Kier molecular flexibility index (Phi) is 5.22. The second-order valence-electron chi connectivity index (χ2n) is 8.48. The van der Waals surface area contributed by atoms with Gasteiger partial charge in [-0.2, -0.15) is 0 Å². The summed E-state index contributed by atoms with van der Waals surface area (Å²) in [6, 6.07) is 10.0. The highest BCUT2D eigenvalue weighted by Crippen LogP contribution is 2.47. The molecule has 0 N–H and O–H groups in total. The molecule has 2 aliphatic heterocycles. The van der Waals surface area contributed by atoms with E-state index in [1.54, 1.807) is 18.3 Å². The third-order valence-corrected chi connectivity index (χ3v) is 7.43. The third-order valence-electron chi connectivity index (χ3n) is 6.62. The van der Waals surface area contributed by atoms with Gasteiger partial charge in [0.1, 0.15) is 28.9 Å². The number of nitrogens with zero attached hydrogens (tertiary/aromatic N) is 3. The number of halogens is 1. The van der Waals surface area contributed by atoms with Crippen LogP contribution in [-0.4, -0.2) is 39.5 Å². The van der Waals surface area contributed by atoms with Crippen LogP contribution >= 0.6 is 11.3 Å². The molecule has 1 saturated carbocycles. The first kappa shape index (κ1) is 20.1. The van der Waals surface area contributed by atoms with Crippen LogP contribution in [0.25, 0.3) is 10.6 Å². The number of hydrogen-bond donors (Lipinski definition) is 0. The number of pyridine rings is 1. The smallest absolute Gasteiger partial charge is 0.273 e. The minimum atomic E-state index is -0.295. The molecule has 2 atom stereocenters. The summed E-state index contributed by atoms with van der Waals surface area (Å²) in [4.78, 5) is 24.9. The largest absolute Gasteiger partial charge is 0.491 e. The van der Waals surface area contributed by atoms with Crippen molar-refractivity contribution in [2.24, 2.45) is 11.8 Å². The quantitative estimate of drug-likeness (QED) is 0.566. The van der Waals surface area contributed by atoms with Gasteiger partial charge in [-0.15, -0.1) is 11.3 Å². The van der Waals surface area contributed by atoms with Gasteiger partial charge in [-0.05, 0) is 68.0 Å². The lowest BCUT2D eigenvalue weighted by Crippen LogP contribution is -2.64. The van der Waals surface area contributed by atoms with Crippen molar-refractivity contribution < 1.29 is 13.9 Å². The van der Waals surface area contributed by atoms with Gasteiger partial charge < -0.3 is 9.64 Å². The molecule has 2 aromatic heterocycles. The van der Waals surface area contributed by atoms with Crippen LogP contribution in [0.5, 0.6) is 5.75 Å². The highest BCUT2D eigenvalue weighted by molar-refractivity contribution is 7.13. The first-order valence-corrected chi connectivity index (χ1v) is 11.5. The van der Waals surface area contributed by atoms with E-state index >= 15 is 0 Å². The highest BCUT2D eigenvalue weighted by Gasteiger charge is 2.51. The molecule has 3 aliphatic rings. The fourth-order valence-corrected chi connectivity index (χ4v) is 5.42. The molecular formula is C24H24FN3O2S. The maximum atomic E-state index is 13.9. The van der Waals surface area contributed by atoms with Gasteiger partial charge in [0.25, 0.3) is 5.91 Å². The number of hydrogen-bond acceptors (Lipinski definition) is 5. The molecule has 5 nitrogen and oxygen atoms in total. The Labute approximate surface area is 184 Å². The van der Waals surface area contributed by atoms with Crippen LogP contribution in [0.2, 0.25) is 0 Å². The first-order chi connectivity index (χ1) is 15.0.